The largest absolute Gasteiger partial charge is 0.478 e. The molecule has 0 saturated heterocycles. The van der Waals surface area contributed by atoms with Gasteiger partial charge in [0.05, 0.1) is 5.57 Å². The molecule has 1 N–H and O–H groups in total. The van der Waals surface area contributed by atoms with Crippen molar-refractivity contribution in [1.29, 1.82) is 0 Å². The van der Waals surface area contributed by atoms with E-state index < -0.39 is 17.8 Å². The number of carboxylic acid groups (broad SMARTS) is 1. The van der Waals surface area contributed by atoms with E-state index in [0.29, 0.717) is 31.9 Å². The third kappa shape index (κ3) is 3.40. The van der Waals surface area contributed by atoms with Gasteiger partial charge in [-0.3, -0.25) is 4.99 Å². The number of carbonyl (C=O) groups is 1. The number of benzene rings is 1. The predicted octanol–water partition coefficient (Wildman–Crippen LogP) is 4.21. The van der Waals surface area contributed by atoms with E-state index in [9.17, 15) is 14.3 Å². The van der Waals surface area contributed by atoms with Crippen molar-refractivity contribution in [3.05, 3.63) is 61.9 Å². The number of aromatic nitrogens is 1. The highest BCUT2D eigenvalue weighted by Crippen LogP contribution is 2.38. The van der Waals surface area contributed by atoms with Gasteiger partial charge in [0.15, 0.2) is 10.8 Å². The lowest BCUT2D eigenvalue weighted by Crippen LogP contribution is -2.35. The van der Waals surface area contributed by atoms with Gasteiger partial charge in [0.1, 0.15) is 11.9 Å². The molecule has 2 aromatic rings. The Morgan fingerprint density at radius 3 is 2.80 bits per heavy atom. The van der Waals surface area contributed by atoms with E-state index in [2.05, 4.69) is 41.8 Å². The van der Waals surface area contributed by atoms with E-state index in [1.807, 2.05) is 5.38 Å². The minimum atomic E-state index is -1.07. The highest BCUT2D eigenvalue weighted by Gasteiger charge is 2.35. The summed E-state index contributed by atoms with van der Waals surface area (Å²) in [5.74, 6) is -0.894. The number of aliphatic carboxylic acids is 1. The first-order valence-corrected chi connectivity index (χ1v) is 9.92. The van der Waals surface area contributed by atoms with E-state index in [4.69, 9.17) is 0 Å². The Balaban J connectivity index is 2.23. The van der Waals surface area contributed by atoms with Crippen LogP contribution < -0.4 is 0 Å². The van der Waals surface area contributed by atoms with E-state index >= 15 is 0 Å². The maximum Gasteiger partial charge on any atom is 0.335 e. The first-order chi connectivity index (χ1) is 11.9. The van der Waals surface area contributed by atoms with Gasteiger partial charge in [0.25, 0.3) is 0 Å². The van der Waals surface area contributed by atoms with Crippen molar-refractivity contribution >= 4 is 55.0 Å². The van der Waals surface area contributed by atoms with Gasteiger partial charge in [-0.25, -0.2) is 14.2 Å². The number of halogens is 3. The molecule has 1 aromatic heterocycles. The maximum atomic E-state index is 13.5. The molecule has 9 heteroatoms. The number of hydrogen-bond donors (Lipinski definition) is 1. The van der Waals surface area contributed by atoms with E-state index in [-0.39, 0.29) is 5.57 Å². The van der Waals surface area contributed by atoms with Gasteiger partial charge in [-0.2, -0.15) is 0 Å². The molecule has 0 radical (unpaired) electrons. The van der Waals surface area contributed by atoms with E-state index in [1.54, 1.807) is 24.2 Å². The Morgan fingerprint density at radius 2 is 2.24 bits per heavy atom. The van der Waals surface area contributed by atoms with Crippen molar-refractivity contribution in [3.63, 3.8) is 0 Å². The standard InChI is InChI=1S/C16H12Br2FN3O2S/c1-22-11(7-17)12(16(23)24)13(9-3-2-8(19)6-10(9)18)21-14(22)15-20-4-5-25-15/h2-6,13H,7H2,1H3,(H,23,24). The van der Waals surface area contributed by atoms with Crippen LogP contribution >= 0.6 is 43.2 Å². The van der Waals surface area contributed by atoms with Crippen LogP contribution in [0.15, 0.2) is 50.5 Å². The smallest absolute Gasteiger partial charge is 0.335 e. The molecule has 3 rings (SSSR count). The number of rotatable bonds is 4. The van der Waals surface area contributed by atoms with Crippen LogP contribution in [0.4, 0.5) is 4.39 Å². The average molecular weight is 489 g/mol. The van der Waals surface area contributed by atoms with Gasteiger partial charge in [-0.05, 0) is 17.7 Å². The molecular formula is C16H12Br2FN3O2S. The van der Waals surface area contributed by atoms with Gasteiger partial charge in [0, 0.05) is 34.1 Å². The summed E-state index contributed by atoms with van der Waals surface area (Å²) >= 11 is 8.11. The predicted molar refractivity (Wildman–Crippen MR) is 102 cm³/mol. The SMILES string of the molecule is CN1C(c2nccs2)=NC(c2ccc(F)cc2Br)C(C(=O)O)=C1CBr. The number of aliphatic imine (C=N–C) groups is 1. The summed E-state index contributed by atoms with van der Waals surface area (Å²) in [6.07, 6.45) is 1.67. The molecule has 2 heterocycles. The van der Waals surface area contributed by atoms with E-state index in [1.165, 1.54) is 23.5 Å². The molecule has 0 spiro atoms. The van der Waals surface area contributed by atoms with Crippen LogP contribution in [0.3, 0.4) is 0 Å². The summed E-state index contributed by atoms with van der Waals surface area (Å²) in [5, 5.41) is 12.6. The number of thiazole rings is 1. The lowest BCUT2D eigenvalue weighted by molar-refractivity contribution is -0.133. The van der Waals surface area contributed by atoms with Gasteiger partial charge in [-0.1, -0.05) is 37.9 Å². The molecule has 1 unspecified atom stereocenters. The van der Waals surface area contributed by atoms with Crippen LogP contribution in [-0.2, 0) is 4.79 Å². The Hall–Kier alpha value is -1.58. The summed E-state index contributed by atoms with van der Waals surface area (Å²) in [4.78, 5) is 22.6. The van der Waals surface area contributed by atoms with Crippen molar-refractivity contribution in [3.8, 4) is 0 Å². The summed E-state index contributed by atoms with van der Waals surface area (Å²) in [7, 11) is 1.76. The van der Waals surface area contributed by atoms with Crippen LogP contribution in [0, 0.1) is 5.82 Å². The molecule has 0 fully saturated rings. The number of nitrogens with zero attached hydrogens (tertiary/aromatic N) is 3. The fraction of sp³-hybridized carbons (Fsp3) is 0.188. The molecule has 1 aliphatic rings. The Labute approximate surface area is 164 Å². The molecule has 130 valence electrons. The van der Waals surface area contributed by atoms with Crippen molar-refractivity contribution in [2.75, 3.05) is 12.4 Å². The zero-order valence-corrected chi connectivity index (χ0v) is 16.9. The first kappa shape index (κ1) is 18.2. The highest BCUT2D eigenvalue weighted by atomic mass is 79.9. The molecule has 1 atom stereocenters. The van der Waals surface area contributed by atoms with Crippen LogP contribution in [0.5, 0.6) is 0 Å². The zero-order chi connectivity index (χ0) is 18.1. The second-order valence-electron chi connectivity index (χ2n) is 5.22. The monoisotopic (exact) mass is 487 g/mol. The second-order valence-corrected chi connectivity index (χ2v) is 7.53. The fourth-order valence-corrected chi connectivity index (χ4v) is 4.54. The first-order valence-electron chi connectivity index (χ1n) is 7.12. The summed E-state index contributed by atoms with van der Waals surface area (Å²) in [6, 6.07) is 3.38. The second kappa shape index (κ2) is 7.35. The Morgan fingerprint density at radius 1 is 1.48 bits per heavy atom. The molecule has 0 saturated carbocycles. The zero-order valence-electron chi connectivity index (χ0n) is 12.9. The van der Waals surface area contributed by atoms with Gasteiger partial charge < -0.3 is 10.0 Å². The maximum absolute atomic E-state index is 13.5. The number of hydrogen-bond acceptors (Lipinski definition) is 5. The summed E-state index contributed by atoms with van der Waals surface area (Å²) < 4.78 is 13.9. The average Bonchev–Trinajstić information content (AvgIpc) is 3.08. The van der Waals surface area contributed by atoms with E-state index in [0.717, 1.165) is 0 Å². The molecule has 1 aromatic carbocycles. The summed E-state index contributed by atoms with van der Waals surface area (Å²) in [5.41, 5.74) is 1.31. The molecule has 25 heavy (non-hydrogen) atoms. The van der Waals surface area contributed by atoms with Crippen molar-refractivity contribution < 1.29 is 14.3 Å². The van der Waals surface area contributed by atoms with Crippen LogP contribution in [0.25, 0.3) is 0 Å². The number of carboxylic acids is 1. The minimum Gasteiger partial charge on any atom is -0.478 e. The quantitative estimate of drug-likeness (QED) is 0.654. The number of amidine groups is 1. The lowest BCUT2D eigenvalue weighted by Gasteiger charge is -2.32. The third-order valence-corrected chi connectivity index (χ3v) is 5.78. The molecule has 0 amide bonds. The topological polar surface area (TPSA) is 65.8 Å². The van der Waals surface area contributed by atoms with Gasteiger partial charge >= 0.3 is 5.97 Å². The third-order valence-electron chi connectivity index (χ3n) is 3.80. The molecule has 0 aliphatic carbocycles. The lowest BCUT2D eigenvalue weighted by atomic mass is 9.95. The van der Waals surface area contributed by atoms with Crippen molar-refractivity contribution in [2.45, 2.75) is 6.04 Å². The minimum absolute atomic E-state index is 0.145. The van der Waals surface area contributed by atoms with Crippen molar-refractivity contribution in [2.24, 2.45) is 4.99 Å². The Bertz CT molecular complexity index is 884. The van der Waals surface area contributed by atoms with Crippen molar-refractivity contribution in [1.82, 2.24) is 9.88 Å². The van der Waals surface area contributed by atoms with Gasteiger partial charge in [0.2, 0.25) is 0 Å². The number of allylic oxidation sites excluding steroid dienone is 1. The number of alkyl halides is 1. The van der Waals surface area contributed by atoms with Gasteiger partial charge in [-0.15, -0.1) is 11.3 Å². The van der Waals surface area contributed by atoms with Crippen LogP contribution in [0.2, 0.25) is 0 Å². The molecular weight excluding hydrogens is 477 g/mol. The fourth-order valence-electron chi connectivity index (χ4n) is 2.62. The van der Waals surface area contributed by atoms with Crippen LogP contribution in [-0.4, -0.2) is 39.2 Å². The molecule has 5 nitrogen and oxygen atoms in total. The normalized spacial score (nSPS) is 17.7. The molecule has 1 aliphatic heterocycles. The molecule has 0 bridgehead atoms. The Kier molecular flexibility index (Phi) is 5.35. The highest BCUT2D eigenvalue weighted by molar-refractivity contribution is 9.10. The summed E-state index contributed by atoms with van der Waals surface area (Å²) in [6.45, 7) is 0. The van der Waals surface area contributed by atoms with Crippen LogP contribution in [0.1, 0.15) is 16.6 Å².